The minimum absolute atomic E-state index is 0.205. The van der Waals surface area contributed by atoms with Crippen LogP contribution in [-0.4, -0.2) is 92.5 Å². The van der Waals surface area contributed by atoms with Crippen LogP contribution in [0.25, 0.3) is 22.8 Å². The highest BCUT2D eigenvalue weighted by Crippen LogP contribution is 2.29. The SMILES string of the molecule is CC(C)N1[N]C(c2cc(C3=NN(C(C)C)C(=O)N(C(C)C)[N]3)cc(-c3cc(-n4cccn4)nc(-n4cccn4)c3)c2)=NN(C(C)C)C1=O. The van der Waals surface area contributed by atoms with Crippen molar-refractivity contribution in [3.05, 3.63) is 78.4 Å². The number of amidine groups is 2. The lowest BCUT2D eigenvalue weighted by molar-refractivity contribution is 0.103. The summed E-state index contributed by atoms with van der Waals surface area (Å²) in [5.41, 5.74) is 12.2. The second-order valence-electron chi connectivity index (χ2n) is 12.6. The molecule has 48 heavy (non-hydrogen) atoms. The van der Waals surface area contributed by atoms with Crippen LogP contribution < -0.4 is 10.9 Å². The van der Waals surface area contributed by atoms with Gasteiger partial charge >= 0.3 is 12.1 Å². The van der Waals surface area contributed by atoms with Crippen molar-refractivity contribution < 1.29 is 9.59 Å². The minimum atomic E-state index is -0.299. The summed E-state index contributed by atoms with van der Waals surface area (Å²) in [6, 6.07) is 11.9. The second kappa shape index (κ2) is 12.8. The van der Waals surface area contributed by atoms with Gasteiger partial charge in [0.05, 0.1) is 24.2 Å². The molecule has 0 unspecified atom stereocenters. The van der Waals surface area contributed by atoms with Crippen LogP contribution in [0, 0.1) is 0 Å². The van der Waals surface area contributed by atoms with Crippen LogP contribution in [0.1, 0.15) is 66.5 Å². The van der Waals surface area contributed by atoms with Crippen LogP contribution in [0.2, 0.25) is 0 Å². The number of urea groups is 2. The molecule has 5 heterocycles. The summed E-state index contributed by atoms with van der Waals surface area (Å²) < 4.78 is 3.36. The predicted molar refractivity (Wildman–Crippen MR) is 180 cm³/mol. The number of rotatable bonds is 9. The van der Waals surface area contributed by atoms with Crippen molar-refractivity contribution in [1.82, 2.24) is 55.4 Å². The molecule has 4 aromatic rings. The molecule has 1 aromatic carbocycles. The quantitative estimate of drug-likeness (QED) is 0.260. The average Bonchev–Trinajstić information content (AvgIpc) is 3.80. The molecule has 0 N–H and O–H groups in total. The second-order valence-corrected chi connectivity index (χ2v) is 12.6. The third-order valence-electron chi connectivity index (χ3n) is 7.61. The molecule has 0 atom stereocenters. The van der Waals surface area contributed by atoms with Crippen LogP contribution in [0.15, 0.2) is 77.5 Å². The van der Waals surface area contributed by atoms with Gasteiger partial charge in [0.2, 0.25) is 0 Å². The zero-order valence-electron chi connectivity index (χ0n) is 28.3. The molecule has 4 amide bonds. The van der Waals surface area contributed by atoms with Gasteiger partial charge in [-0.2, -0.15) is 10.2 Å². The van der Waals surface area contributed by atoms with E-state index < -0.39 is 0 Å². The monoisotopic (exact) mass is 649 g/mol. The molecule has 15 nitrogen and oxygen atoms in total. The van der Waals surface area contributed by atoms with Crippen molar-refractivity contribution in [3.63, 3.8) is 0 Å². The third-order valence-corrected chi connectivity index (χ3v) is 7.61. The van der Waals surface area contributed by atoms with E-state index in [4.69, 9.17) is 26.0 Å². The van der Waals surface area contributed by atoms with E-state index in [1.807, 2.05) is 110 Å². The largest absolute Gasteiger partial charge is 0.361 e. The highest BCUT2D eigenvalue weighted by atomic mass is 16.2. The molecule has 0 fully saturated rings. The van der Waals surface area contributed by atoms with Gasteiger partial charge in [0.15, 0.2) is 23.3 Å². The van der Waals surface area contributed by atoms with Gasteiger partial charge in [0.1, 0.15) is 0 Å². The summed E-state index contributed by atoms with van der Waals surface area (Å²) in [5, 5.41) is 24.0. The fraction of sp³-hybridized carbons (Fsp3) is 0.364. The number of aromatic nitrogens is 5. The summed E-state index contributed by atoms with van der Waals surface area (Å²) >= 11 is 0. The van der Waals surface area contributed by atoms with E-state index in [-0.39, 0.29) is 36.2 Å². The predicted octanol–water partition coefficient (Wildman–Crippen LogP) is 4.59. The van der Waals surface area contributed by atoms with Crippen molar-refractivity contribution in [1.29, 1.82) is 0 Å². The number of hydrazone groups is 2. The number of hydrogen-bond donors (Lipinski definition) is 0. The topological polar surface area (TPSA) is 149 Å². The van der Waals surface area contributed by atoms with Gasteiger partial charge < -0.3 is 0 Å². The van der Waals surface area contributed by atoms with Crippen molar-refractivity contribution in [3.8, 4) is 22.8 Å². The van der Waals surface area contributed by atoms with Gasteiger partial charge in [0, 0.05) is 35.9 Å². The Hall–Kier alpha value is -5.73. The first-order valence-electron chi connectivity index (χ1n) is 15.9. The molecule has 0 bridgehead atoms. The number of benzene rings is 1. The van der Waals surface area contributed by atoms with Gasteiger partial charge in [-0.15, -0.1) is 21.1 Å². The van der Waals surface area contributed by atoms with Gasteiger partial charge in [-0.05, 0) is 109 Å². The number of amides is 4. The third kappa shape index (κ3) is 6.18. The number of carbonyl (C=O) groups is 2. The molecule has 2 aliphatic rings. The van der Waals surface area contributed by atoms with Crippen molar-refractivity contribution in [2.75, 3.05) is 0 Å². The van der Waals surface area contributed by atoms with Crippen LogP contribution in [0.5, 0.6) is 0 Å². The fourth-order valence-electron chi connectivity index (χ4n) is 5.17. The maximum absolute atomic E-state index is 13.3. The Bertz CT molecular complexity index is 1730. The zero-order chi connectivity index (χ0) is 34.3. The first kappa shape index (κ1) is 32.2. The molecule has 2 radical (unpaired) electrons. The smallest absolute Gasteiger partial charge is 0.244 e. The molecule has 0 spiro atoms. The lowest BCUT2D eigenvalue weighted by Crippen LogP contribution is -2.56. The first-order chi connectivity index (χ1) is 22.9. The molecule has 15 heteroatoms. The van der Waals surface area contributed by atoms with Crippen LogP contribution >= 0.6 is 0 Å². The summed E-state index contributed by atoms with van der Waals surface area (Å²) in [6.45, 7) is 15.2. The van der Waals surface area contributed by atoms with Gasteiger partial charge in [0.25, 0.3) is 0 Å². The number of hydrogen-bond acceptors (Lipinski definition) is 7. The van der Waals surface area contributed by atoms with E-state index in [1.54, 1.807) is 21.8 Å². The van der Waals surface area contributed by atoms with E-state index >= 15 is 0 Å². The summed E-state index contributed by atoms with van der Waals surface area (Å²) in [5.74, 6) is 1.87. The maximum Gasteiger partial charge on any atom is 0.361 e. The lowest BCUT2D eigenvalue weighted by atomic mass is 9.98. The lowest BCUT2D eigenvalue weighted by Gasteiger charge is -2.36. The van der Waals surface area contributed by atoms with Gasteiger partial charge in [-0.25, -0.2) is 44.0 Å². The van der Waals surface area contributed by atoms with Gasteiger partial charge in [-0.1, -0.05) is 0 Å². The molecule has 0 saturated heterocycles. The Balaban J connectivity index is 1.58. The summed E-state index contributed by atoms with van der Waals surface area (Å²) in [4.78, 5) is 31.4. The van der Waals surface area contributed by atoms with Crippen LogP contribution in [0.4, 0.5) is 9.59 Å². The summed E-state index contributed by atoms with van der Waals surface area (Å²) in [7, 11) is 0. The Morgan fingerprint density at radius 3 is 1.23 bits per heavy atom. The van der Waals surface area contributed by atoms with Crippen molar-refractivity contribution >= 4 is 23.7 Å². The molecule has 0 aliphatic carbocycles. The van der Waals surface area contributed by atoms with Crippen molar-refractivity contribution in [2.45, 2.75) is 79.6 Å². The normalized spacial score (nSPS) is 15.5. The van der Waals surface area contributed by atoms with Crippen LogP contribution in [-0.2, 0) is 0 Å². The Morgan fingerprint density at radius 2 is 0.875 bits per heavy atom. The minimum Gasteiger partial charge on any atom is -0.244 e. The Morgan fingerprint density at radius 1 is 0.500 bits per heavy atom. The van der Waals surface area contributed by atoms with E-state index in [2.05, 4.69) is 10.2 Å². The van der Waals surface area contributed by atoms with E-state index in [1.165, 1.54) is 20.0 Å². The number of nitrogens with zero attached hydrogens (tertiary/aromatic N) is 13. The molecular formula is C33H39N13O2. The van der Waals surface area contributed by atoms with Gasteiger partial charge in [-0.3, -0.25) is 0 Å². The fourth-order valence-corrected chi connectivity index (χ4v) is 5.17. The molecule has 6 rings (SSSR count). The number of pyridine rings is 1. The van der Waals surface area contributed by atoms with E-state index in [0.29, 0.717) is 34.4 Å². The van der Waals surface area contributed by atoms with E-state index in [0.717, 1.165) is 11.1 Å². The highest BCUT2D eigenvalue weighted by molar-refractivity contribution is 6.07. The highest BCUT2D eigenvalue weighted by Gasteiger charge is 2.36. The number of carbonyl (C=O) groups excluding carboxylic acids is 2. The standard InChI is InChI=1S/C33H39N13O2/c1-20(2)43-32(47)44(21(3)4)38-30(37-43)26-15-24(16-27(17-26)31-39-45(22(5)6)33(48)46(40-31)23(7)8)25-18-28(41-13-9-11-34-41)36-29(19-25)42-14-10-12-35-42/h9-23H,1-8H3. The molecule has 3 aromatic heterocycles. The molecule has 2 aliphatic heterocycles. The molecular weight excluding hydrogens is 610 g/mol. The van der Waals surface area contributed by atoms with Crippen molar-refractivity contribution in [2.24, 2.45) is 10.2 Å². The average molecular weight is 650 g/mol. The first-order valence-corrected chi connectivity index (χ1v) is 15.9. The Kier molecular flexibility index (Phi) is 8.60. The molecule has 248 valence electrons. The maximum atomic E-state index is 13.3. The molecule has 0 saturated carbocycles. The zero-order valence-corrected chi connectivity index (χ0v) is 28.3. The summed E-state index contributed by atoms with van der Waals surface area (Å²) in [6.07, 6.45) is 7.03. The van der Waals surface area contributed by atoms with E-state index in [9.17, 15) is 9.59 Å². The Labute approximate surface area is 279 Å². The van der Waals surface area contributed by atoms with Crippen LogP contribution in [0.3, 0.4) is 0 Å².